The summed E-state index contributed by atoms with van der Waals surface area (Å²) in [7, 11) is 1.67. The number of thiophene rings is 1. The maximum Gasteiger partial charge on any atom is 0.127 e. The van der Waals surface area contributed by atoms with Gasteiger partial charge in [0.2, 0.25) is 0 Å². The SMILES string of the molecule is COc1ccc(CO)cc1-c1cc2ccccc2s1. The van der Waals surface area contributed by atoms with Crippen LogP contribution in [-0.2, 0) is 6.61 Å². The summed E-state index contributed by atoms with van der Waals surface area (Å²) in [6.45, 7) is 0.0435. The molecule has 0 radical (unpaired) electrons. The Morgan fingerprint density at radius 1 is 1.11 bits per heavy atom. The molecular formula is C16H14O2S. The lowest BCUT2D eigenvalue weighted by molar-refractivity contribution is 0.281. The van der Waals surface area contributed by atoms with Gasteiger partial charge in [-0.1, -0.05) is 24.3 Å². The molecule has 0 saturated heterocycles. The zero-order valence-corrected chi connectivity index (χ0v) is 11.4. The van der Waals surface area contributed by atoms with Crippen molar-refractivity contribution in [2.45, 2.75) is 6.61 Å². The Balaban J connectivity index is 2.19. The maximum absolute atomic E-state index is 9.27. The molecule has 2 nitrogen and oxygen atoms in total. The van der Waals surface area contributed by atoms with Crippen LogP contribution < -0.4 is 4.74 Å². The third kappa shape index (κ3) is 2.23. The maximum atomic E-state index is 9.27. The molecule has 19 heavy (non-hydrogen) atoms. The van der Waals surface area contributed by atoms with Gasteiger partial charge in [-0.3, -0.25) is 0 Å². The Bertz CT molecular complexity index is 683. The fraction of sp³-hybridized carbons (Fsp3) is 0.125. The van der Waals surface area contributed by atoms with E-state index in [-0.39, 0.29) is 6.61 Å². The molecule has 0 fully saturated rings. The molecule has 96 valence electrons. The predicted octanol–water partition coefficient (Wildman–Crippen LogP) is 4.07. The largest absolute Gasteiger partial charge is 0.496 e. The van der Waals surface area contributed by atoms with Crippen molar-refractivity contribution in [3.8, 4) is 16.2 Å². The number of ether oxygens (including phenoxy) is 1. The third-order valence-electron chi connectivity index (χ3n) is 3.14. The van der Waals surface area contributed by atoms with Crippen LogP contribution >= 0.6 is 11.3 Å². The Hall–Kier alpha value is -1.84. The van der Waals surface area contributed by atoms with Crippen molar-refractivity contribution >= 4 is 21.4 Å². The Kier molecular flexibility index (Phi) is 3.23. The summed E-state index contributed by atoms with van der Waals surface area (Å²) < 4.78 is 6.68. The molecule has 0 amide bonds. The highest BCUT2D eigenvalue weighted by Crippen LogP contribution is 2.38. The van der Waals surface area contributed by atoms with Crippen molar-refractivity contribution in [2.24, 2.45) is 0 Å². The zero-order chi connectivity index (χ0) is 13.2. The van der Waals surface area contributed by atoms with E-state index >= 15 is 0 Å². The summed E-state index contributed by atoms with van der Waals surface area (Å²) >= 11 is 1.74. The van der Waals surface area contributed by atoms with E-state index in [4.69, 9.17) is 4.74 Å². The van der Waals surface area contributed by atoms with E-state index in [0.717, 1.165) is 21.8 Å². The van der Waals surface area contributed by atoms with Crippen LogP contribution in [0, 0.1) is 0 Å². The van der Waals surface area contributed by atoms with E-state index in [1.807, 2.05) is 30.3 Å². The molecule has 3 aromatic rings. The van der Waals surface area contributed by atoms with Gasteiger partial charge in [0.1, 0.15) is 5.75 Å². The van der Waals surface area contributed by atoms with E-state index in [1.165, 1.54) is 10.1 Å². The molecule has 1 N–H and O–H groups in total. The fourth-order valence-corrected chi connectivity index (χ4v) is 3.24. The average Bonchev–Trinajstić information content (AvgIpc) is 2.90. The molecule has 0 unspecified atom stereocenters. The van der Waals surface area contributed by atoms with Crippen LogP contribution in [0.15, 0.2) is 48.5 Å². The average molecular weight is 270 g/mol. The number of methoxy groups -OCH3 is 1. The third-order valence-corrected chi connectivity index (χ3v) is 4.29. The highest BCUT2D eigenvalue weighted by atomic mass is 32.1. The second-order valence-electron chi connectivity index (χ2n) is 4.34. The summed E-state index contributed by atoms with van der Waals surface area (Å²) in [5, 5.41) is 10.5. The van der Waals surface area contributed by atoms with Crippen molar-refractivity contribution in [3.05, 3.63) is 54.1 Å². The standard InChI is InChI=1S/C16H14O2S/c1-18-14-7-6-11(10-17)8-13(14)16-9-12-4-2-3-5-15(12)19-16/h2-9,17H,10H2,1H3. The molecule has 1 aromatic heterocycles. The first-order valence-corrected chi connectivity index (χ1v) is 6.90. The Morgan fingerprint density at radius 2 is 1.95 bits per heavy atom. The molecule has 0 bridgehead atoms. The second kappa shape index (κ2) is 5.03. The molecule has 3 rings (SSSR count). The normalized spacial score (nSPS) is 10.8. The van der Waals surface area contributed by atoms with Gasteiger partial charge in [-0.15, -0.1) is 11.3 Å². The Labute approximate surface area is 115 Å². The first-order valence-electron chi connectivity index (χ1n) is 6.08. The number of aliphatic hydroxyl groups is 1. The van der Waals surface area contributed by atoms with Gasteiger partial charge in [0, 0.05) is 15.1 Å². The molecule has 0 atom stereocenters. The molecule has 0 aliphatic rings. The van der Waals surface area contributed by atoms with Gasteiger partial charge < -0.3 is 9.84 Å². The number of benzene rings is 2. The highest BCUT2D eigenvalue weighted by molar-refractivity contribution is 7.22. The van der Waals surface area contributed by atoms with E-state index in [0.29, 0.717) is 0 Å². The minimum atomic E-state index is 0.0435. The van der Waals surface area contributed by atoms with Gasteiger partial charge in [0.15, 0.2) is 0 Å². The van der Waals surface area contributed by atoms with Crippen LogP contribution in [0.5, 0.6) is 5.75 Å². The van der Waals surface area contributed by atoms with Gasteiger partial charge in [-0.05, 0) is 35.2 Å². The summed E-state index contributed by atoms with van der Waals surface area (Å²) in [6.07, 6.45) is 0. The highest BCUT2D eigenvalue weighted by Gasteiger charge is 2.10. The molecule has 0 saturated carbocycles. The predicted molar refractivity (Wildman–Crippen MR) is 79.7 cm³/mol. The lowest BCUT2D eigenvalue weighted by atomic mass is 10.1. The van der Waals surface area contributed by atoms with Gasteiger partial charge in [0.05, 0.1) is 13.7 Å². The minimum absolute atomic E-state index is 0.0435. The number of rotatable bonds is 3. The molecule has 1 heterocycles. The van der Waals surface area contributed by atoms with Gasteiger partial charge in [-0.25, -0.2) is 0 Å². The number of aliphatic hydroxyl groups excluding tert-OH is 1. The summed E-state index contributed by atoms with van der Waals surface area (Å²) in [5.74, 6) is 0.837. The van der Waals surface area contributed by atoms with Crippen molar-refractivity contribution < 1.29 is 9.84 Å². The molecule has 0 aliphatic carbocycles. The quantitative estimate of drug-likeness (QED) is 0.777. The van der Waals surface area contributed by atoms with E-state index in [2.05, 4.69) is 18.2 Å². The topological polar surface area (TPSA) is 29.5 Å². The lowest BCUT2D eigenvalue weighted by Crippen LogP contribution is -1.89. The van der Waals surface area contributed by atoms with E-state index in [1.54, 1.807) is 18.4 Å². The van der Waals surface area contributed by atoms with Crippen LogP contribution in [0.4, 0.5) is 0 Å². The van der Waals surface area contributed by atoms with Gasteiger partial charge in [-0.2, -0.15) is 0 Å². The first-order chi connectivity index (χ1) is 9.31. The van der Waals surface area contributed by atoms with E-state index < -0.39 is 0 Å². The number of hydrogen-bond donors (Lipinski definition) is 1. The van der Waals surface area contributed by atoms with Crippen molar-refractivity contribution in [1.82, 2.24) is 0 Å². The summed E-state index contributed by atoms with van der Waals surface area (Å²) in [6, 6.07) is 16.3. The fourth-order valence-electron chi connectivity index (χ4n) is 2.16. The molecule has 0 aliphatic heterocycles. The van der Waals surface area contributed by atoms with Crippen LogP contribution in [0.3, 0.4) is 0 Å². The zero-order valence-electron chi connectivity index (χ0n) is 10.6. The monoisotopic (exact) mass is 270 g/mol. The molecule has 0 spiro atoms. The molecular weight excluding hydrogens is 256 g/mol. The molecule has 3 heteroatoms. The van der Waals surface area contributed by atoms with Gasteiger partial charge in [0.25, 0.3) is 0 Å². The van der Waals surface area contributed by atoms with Crippen molar-refractivity contribution in [3.63, 3.8) is 0 Å². The first kappa shape index (κ1) is 12.2. The smallest absolute Gasteiger partial charge is 0.127 e. The van der Waals surface area contributed by atoms with Crippen molar-refractivity contribution in [2.75, 3.05) is 7.11 Å². The number of hydrogen-bond acceptors (Lipinski definition) is 3. The van der Waals surface area contributed by atoms with E-state index in [9.17, 15) is 5.11 Å². The Morgan fingerprint density at radius 3 is 2.68 bits per heavy atom. The van der Waals surface area contributed by atoms with Crippen LogP contribution in [0.1, 0.15) is 5.56 Å². The van der Waals surface area contributed by atoms with Crippen molar-refractivity contribution in [1.29, 1.82) is 0 Å². The van der Waals surface area contributed by atoms with Gasteiger partial charge >= 0.3 is 0 Å². The minimum Gasteiger partial charge on any atom is -0.496 e. The molecule has 2 aromatic carbocycles. The second-order valence-corrected chi connectivity index (χ2v) is 5.43. The van der Waals surface area contributed by atoms with Crippen LogP contribution in [0.2, 0.25) is 0 Å². The lowest BCUT2D eigenvalue weighted by Gasteiger charge is -2.08. The number of fused-ring (bicyclic) bond motifs is 1. The summed E-state index contributed by atoms with van der Waals surface area (Å²) in [4.78, 5) is 1.16. The van der Waals surface area contributed by atoms with Crippen LogP contribution in [0.25, 0.3) is 20.5 Å². The van der Waals surface area contributed by atoms with Crippen LogP contribution in [-0.4, -0.2) is 12.2 Å². The summed E-state index contributed by atoms with van der Waals surface area (Å²) in [5.41, 5.74) is 1.93.